The first kappa shape index (κ1) is 14.5. The number of amides is 1. The molecule has 0 radical (unpaired) electrons. The number of benzene rings is 1. The van der Waals surface area contributed by atoms with Crippen molar-refractivity contribution < 1.29 is 14.3 Å². The van der Waals surface area contributed by atoms with Gasteiger partial charge in [0.1, 0.15) is 0 Å². The zero-order valence-corrected chi connectivity index (χ0v) is 11.5. The summed E-state index contributed by atoms with van der Waals surface area (Å²) in [5, 5.41) is 3.80. The summed E-state index contributed by atoms with van der Waals surface area (Å²) in [7, 11) is 1.54. The maximum absolute atomic E-state index is 11.6. The van der Waals surface area contributed by atoms with Crippen LogP contribution in [0.1, 0.15) is 5.69 Å². The Balaban J connectivity index is 1.81. The fourth-order valence-corrected chi connectivity index (χ4v) is 1.54. The van der Waals surface area contributed by atoms with Crippen molar-refractivity contribution in [2.24, 2.45) is 5.10 Å². The number of pyridine rings is 1. The smallest absolute Gasteiger partial charge is 0.277 e. The third kappa shape index (κ3) is 4.61. The lowest BCUT2D eigenvalue weighted by molar-refractivity contribution is -0.123. The standard InChI is InChI=1S/C15H15N3O3/c1-20-13-7-2-3-8-14(13)21-11-15(19)18-17-10-12-6-4-5-9-16-12/h2-10H,11H2,1H3,(H,18,19)/b17-10+. The van der Waals surface area contributed by atoms with Crippen LogP contribution < -0.4 is 14.9 Å². The van der Waals surface area contributed by atoms with E-state index in [1.807, 2.05) is 12.1 Å². The lowest BCUT2D eigenvalue weighted by Crippen LogP contribution is -2.24. The van der Waals surface area contributed by atoms with E-state index in [0.29, 0.717) is 17.2 Å². The summed E-state index contributed by atoms with van der Waals surface area (Å²) in [6.07, 6.45) is 3.11. The Morgan fingerprint density at radius 1 is 1.24 bits per heavy atom. The zero-order valence-electron chi connectivity index (χ0n) is 11.5. The van der Waals surface area contributed by atoms with Gasteiger partial charge in [0.05, 0.1) is 19.0 Å². The number of carbonyl (C=O) groups is 1. The Labute approximate surface area is 122 Å². The van der Waals surface area contributed by atoms with Crippen molar-refractivity contribution in [2.75, 3.05) is 13.7 Å². The van der Waals surface area contributed by atoms with Gasteiger partial charge in [0.2, 0.25) is 0 Å². The van der Waals surface area contributed by atoms with E-state index in [1.54, 1.807) is 43.6 Å². The van der Waals surface area contributed by atoms with Gasteiger partial charge in [-0.2, -0.15) is 5.10 Å². The average molecular weight is 285 g/mol. The molecular weight excluding hydrogens is 270 g/mol. The Kier molecular flexibility index (Phi) is 5.28. The molecule has 0 saturated heterocycles. The van der Waals surface area contributed by atoms with Crippen molar-refractivity contribution in [1.29, 1.82) is 0 Å². The van der Waals surface area contributed by atoms with Crippen LogP contribution >= 0.6 is 0 Å². The molecule has 0 atom stereocenters. The molecule has 21 heavy (non-hydrogen) atoms. The molecule has 0 fully saturated rings. The van der Waals surface area contributed by atoms with Gasteiger partial charge in [0.15, 0.2) is 18.1 Å². The molecule has 0 aliphatic heterocycles. The fourth-order valence-electron chi connectivity index (χ4n) is 1.54. The van der Waals surface area contributed by atoms with Crippen molar-refractivity contribution >= 4 is 12.1 Å². The van der Waals surface area contributed by atoms with E-state index >= 15 is 0 Å². The summed E-state index contributed by atoms with van der Waals surface area (Å²) in [4.78, 5) is 15.6. The molecule has 1 heterocycles. The number of nitrogens with zero attached hydrogens (tertiary/aromatic N) is 2. The normalized spacial score (nSPS) is 10.3. The van der Waals surface area contributed by atoms with E-state index in [2.05, 4.69) is 15.5 Å². The van der Waals surface area contributed by atoms with Gasteiger partial charge in [0, 0.05) is 6.20 Å². The minimum absolute atomic E-state index is 0.153. The van der Waals surface area contributed by atoms with Crippen molar-refractivity contribution in [1.82, 2.24) is 10.4 Å². The molecule has 0 unspecified atom stereocenters. The topological polar surface area (TPSA) is 72.8 Å². The summed E-state index contributed by atoms with van der Waals surface area (Å²) < 4.78 is 10.5. The second kappa shape index (κ2) is 7.64. The summed E-state index contributed by atoms with van der Waals surface area (Å²) in [6.45, 7) is -0.153. The van der Waals surface area contributed by atoms with Crippen LogP contribution in [-0.4, -0.2) is 30.8 Å². The molecule has 2 rings (SSSR count). The molecule has 0 bridgehead atoms. The van der Waals surface area contributed by atoms with Crippen LogP contribution in [0.5, 0.6) is 11.5 Å². The van der Waals surface area contributed by atoms with E-state index in [9.17, 15) is 4.79 Å². The number of nitrogens with one attached hydrogen (secondary N) is 1. The van der Waals surface area contributed by atoms with E-state index in [0.717, 1.165) is 0 Å². The summed E-state index contributed by atoms with van der Waals surface area (Å²) in [5.41, 5.74) is 3.02. The SMILES string of the molecule is COc1ccccc1OCC(=O)N/N=C/c1ccccn1. The Morgan fingerprint density at radius 3 is 2.71 bits per heavy atom. The van der Waals surface area contributed by atoms with Crippen molar-refractivity contribution in [2.45, 2.75) is 0 Å². The van der Waals surface area contributed by atoms with E-state index in [1.165, 1.54) is 6.21 Å². The molecule has 1 aromatic carbocycles. The van der Waals surface area contributed by atoms with Crippen LogP contribution in [0.4, 0.5) is 0 Å². The van der Waals surface area contributed by atoms with E-state index in [-0.39, 0.29) is 12.5 Å². The lowest BCUT2D eigenvalue weighted by Gasteiger charge is -2.09. The Morgan fingerprint density at radius 2 is 2.00 bits per heavy atom. The zero-order chi connectivity index (χ0) is 14.9. The number of hydrogen-bond acceptors (Lipinski definition) is 5. The number of hydrogen-bond donors (Lipinski definition) is 1. The minimum Gasteiger partial charge on any atom is -0.493 e. The number of rotatable bonds is 6. The van der Waals surface area contributed by atoms with Crippen LogP contribution in [0.25, 0.3) is 0 Å². The number of aromatic nitrogens is 1. The van der Waals surface area contributed by atoms with Gasteiger partial charge >= 0.3 is 0 Å². The van der Waals surface area contributed by atoms with Gasteiger partial charge in [-0.25, -0.2) is 5.43 Å². The summed E-state index contributed by atoms with van der Waals surface area (Å²) >= 11 is 0. The van der Waals surface area contributed by atoms with E-state index in [4.69, 9.17) is 9.47 Å². The molecule has 1 N–H and O–H groups in total. The third-order valence-corrected chi connectivity index (χ3v) is 2.50. The van der Waals surface area contributed by atoms with Crippen LogP contribution in [0, 0.1) is 0 Å². The van der Waals surface area contributed by atoms with Crippen LogP contribution in [0.3, 0.4) is 0 Å². The molecule has 1 amide bonds. The quantitative estimate of drug-likeness (QED) is 0.646. The maximum Gasteiger partial charge on any atom is 0.277 e. The molecule has 108 valence electrons. The minimum atomic E-state index is -0.368. The number of methoxy groups -OCH3 is 1. The molecular formula is C15H15N3O3. The van der Waals surface area contributed by atoms with Gasteiger partial charge in [-0.05, 0) is 24.3 Å². The van der Waals surface area contributed by atoms with E-state index < -0.39 is 0 Å². The van der Waals surface area contributed by atoms with Crippen molar-refractivity contribution in [3.05, 3.63) is 54.4 Å². The predicted octanol–water partition coefficient (Wildman–Crippen LogP) is 1.62. The Bertz CT molecular complexity index is 615. The fraction of sp³-hybridized carbons (Fsp3) is 0.133. The first-order valence-electron chi connectivity index (χ1n) is 6.28. The molecule has 6 heteroatoms. The molecule has 6 nitrogen and oxygen atoms in total. The number of hydrazone groups is 1. The van der Waals surface area contributed by atoms with Gasteiger partial charge in [-0.3, -0.25) is 9.78 Å². The van der Waals surface area contributed by atoms with Crippen LogP contribution in [0.15, 0.2) is 53.8 Å². The highest BCUT2D eigenvalue weighted by Gasteiger charge is 2.05. The number of ether oxygens (including phenoxy) is 2. The van der Waals surface area contributed by atoms with Gasteiger partial charge in [0.25, 0.3) is 5.91 Å². The Hall–Kier alpha value is -2.89. The highest BCUT2D eigenvalue weighted by atomic mass is 16.5. The lowest BCUT2D eigenvalue weighted by atomic mass is 10.3. The van der Waals surface area contributed by atoms with Gasteiger partial charge in [-0.1, -0.05) is 18.2 Å². The van der Waals surface area contributed by atoms with Gasteiger partial charge < -0.3 is 9.47 Å². The highest BCUT2D eigenvalue weighted by molar-refractivity contribution is 5.81. The number of carbonyl (C=O) groups excluding carboxylic acids is 1. The largest absolute Gasteiger partial charge is 0.493 e. The van der Waals surface area contributed by atoms with Gasteiger partial charge in [-0.15, -0.1) is 0 Å². The molecule has 0 spiro atoms. The molecule has 0 aliphatic carbocycles. The average Bonchev–Trinajstić information content (AvgIpc) is 2.54. The summed E-state index contributed by atoms with van der Waals surface area (Å²) in [5.74, 6) is 0.708. The second-order valence-electron chi connectivity index (χ2n) is 3.99. The highest BCUT2D eigenvalue weighted by Crippen LogP contribution is 2.25. The molecule has 2 aromatic rings. The first-order valence-corrected chi connectivity index (χ1v) is 6.28. The van der Waals surface area contributed by atoms with Crippen LogP contribution in [-0.2, 0) is 4.79 Å². The third-order valence-electron chi connectivity index (χ3n) is 2.50. The summed E-state index contributed by atoms with van der Waals surface area (Å²) in [6, 6.07) is 12.5. The van der Waals surface area contributed by atoms with Crippen molar-refractivity contribution in [3.8, 4) is 11.5 Å². The predicted molar refractivity (Wildman–Crippen MR) is 78.5 cm³/mol. The van der Waals surface area contributed by atoms with Crippen LogP contribution in [0.2, 0.25) is 0 Å². The number of para-hydroxylation sites is 2. The molecule has 0 saturated carbocycles. The van der Waals surface area contributed by atoms with Crippen molar-refractivity contribution in [3.63, 3.8) is 0 Å². The second-order valence-corrected chi connectivity index (χ2v) is 3.99. The maximum atomic E-state index is 11.6. The first-order chi connectivity index (χ1) is 10.3. The molecule has 1 aromatic heterocycles. The monoisotopic (exact) mass is 285 g/mol. The molecule has 0 aliphatic rings.